The molecule has 0 aromatic carbocycles. The molecule has 1 amide bonds. The second-order valence-electron chi connectivity index (χ2n) is 4.17. The minimum atomic E-state index is -0.886. The van der Waals surface area contributed by atoms with E-state index in [-0.39, 0.29) is 5.91 Å². The van der Waals surface area contributed by atoms with Crippen molar-refractivity contribution in [2.75, 3.05) is 6.54 Å². The van der Waals surface area contributed by atoms with Crippen molar-refractivity contribution in [3.8, 4) is 0 Å². The summed E-state index contributed by atoms with van der Waals surface area (Å²) in [4.78, 5) is 24.1. The van der Waals surface area contributed by atoms with E-state index in [0.29, 0.717) is 25.3 Å². The van der Waals surface area contributed by atoms with Crippen LogP contribution in [0.25, 0.3) is 0 Å². The lowest BCUT2D eigenvalue weighted by Gasteiger charge is -2.23. The number of carbonyl (C=O) groups excluding carboxylic acids is 1. The van der Waals surface area contributed by atoms with Gasteiger partial charge in [0.25, 0.3) is 0 Å². The lowest BCUT2D eigenvalue weighted by molar-refractivity contribution is -0.148. The van der Waals surface area contributed by atoms with Crippen LogP contribution >= 0.6 is 0 Å². The van der Waals surface area contributed by atoms with Gasteiger partial charge in [0.05, 0.1) is 0 Å². The lowest BCUT2D eigenvalue weighted by atomic mass is 10.0. The molecule has 0 aromatic heterocycles. The quantitative estimate of drug-likeness (QED) is 0.753. The van der Waals surface area contributed by atoms with Crippen LogP contribution in [0.5, 0.6) is 0 Å². The zero-order chi connectivity index (χ0) is 11.4. The Labute approximate surface area is 90.3 Å². The van der Waals surface area contributed by atoms with Gasteiger partial charge < -0.3 is 10.0 Å². The van der Waals surface area contributed by atoms with E-state index in [1.807, 2.05) is 0 Å². The number of likely N-dealkylation sites (tertiary alicyclic amines) is 1. The third kappa shape index (κ3) is 2.70. The highest BCUT2D eigenvalue weighted by molar-refractivity contribution is 5.85. The second kappa shape index (κ2) is 5.14. The van der Waals surface area contributed by atoms with Crippen LogP contribution in [0.2, 0.25) is 0 Å². The summed E-state index contributed by atoms with van der Waals surface area (Å²) in [6.45, 7) is 4.51. The molecule has 0 radical (unpaired) electrons. The molecule has 1 unspecified atom stereocenters. The minimum absolute atomic E-state index is 0.00250. The molecule has 1 aliphatic heterocycles. The first-order valence-electron chi connectivity index (χ1n) is 5.62. The van der Waals surface area contributed by atoms with Gasteiger partial charge in [-0.3, -0.25) is 4.79 Å². The summed E-state index contributed by atoms with van der Waals surface area (Å²) in [5, 5.41) is 8.97. The summed E-state index contributed by atoms with van der Waals surface area (Å²) in [5.41, 5.74) is 0. The minimum Gasteiger partial charge on any atom is -0.480 e. The van der Waals surface area contributed by atoms with Gasteiger partial charge in [0, 0.05) is 13.0 Å². The summed E-state index contributed by atoms with van der Waals surface area (Å²) in [6, 6.07) is -0.626. The summed E-state index contributed by atoms with van der Waals surface area (Å²) >= 11 is 0. The zero-order valence-electron chi connectivity index (χ0n) is 9.40. The molecule has 4 nitrogen and oxygen atoms in total. The van der Waals surface area contributed by atoms with Gasteiger partial charge in [-0.15, -0.1) is 0 Å². The Morgan fingerprint density at radius 1 is 1.60 bits per heavy atom. The smallest absolute Gasteiger partial charge is 0.326 e. The predicted octanol–water partition coefficient (Wildman–Crippen LogP) is 1.50. The number of hydrogen-bond acceptors (Lipinski definition) is 2. The highest BCUT2D eigenvalue weighted by Gasteiger charge is 2.36. The molecule has 1 N–H and O–H groups in total. The third-order valence-corrected chi connectivity index (χ3v) is 2.98. The van der Waals surface area contributed by atoms with Gasteiger partial charge in [0.15, 0.2) is 0 Å². The Bertz CT molecular complexity index is 252. The average molecular weight is 213 g/mol. The maximum Gasteiger partial charge on any atom is 0.326 e. The van der Waals surface area contributed by atoms with Gasteiger partial charge in [0.2, 0.25) is 5.91 Å². The molecule has 0 aliphatic carbocycles. The fourth-order valence-electron chi connectivity index (χ4n) is 2.24. The van der Waals surface area contributed by atoms with Crippen molar-refractivity contribution in [2.45, 2.75) is 45.6 Å². The van der Waals surface area contributed by atoms with Crippen LogP contribution < -0.4 is 0 Å². The molecule has 1 rings (SSSR count). The number of carbonyl (C=O) groups is 2. The molecule has 1 fully saturated rings. The summed E-state index contributed by atoms with van der Waals surface area (Å²) in [5.74, 6) is -0.526. The summed E-state index contributed by atoms with van der Waals surface area (Å²) in [6.07, 6.45) is 3.07. The number of nitrogens with zero attached hydrogens (tertiary/aromatic N) is 1. The molecule has 4 heteroatoms. The topological polar surface area (TPSA) is 57.6 Å². The molecule has 15 heavy (non-hydrogen) atoms. The van der Waals surface area contributed by atoms with Gasteiger partial charge in [0.1, 0.15) is 6.04 Å². The van der Waals surface area contributed by atoms with Gasteiger partial charge in [-0.25, -0.2) is 4.79 Å². The highest BCUT2D eigenvalue weighted by atomic mass is 16.4. The number of amides is 1. The van der Waals surface area contributed by atoms with E-state index in [1.165, 1.54) is 4.90 Å². The van der Waals surface area contributed by atoms with E-state index in [9.17, 15) is 9.59 Å². The number of aliphatic carboxylic acids is 1. The van der Waals surface area contributed by atoms with E-state index >= 15 is 0 Å². The molecule has 0 spiro atoms. The van der Waals surface area contributed by atoms with Crippen LogP contribution in [0, 0.1) is 5.92 Å². The normalized spacial score (nSPS) is 23.2. The molecule has 1 heterocycles. The molecule has 86 valence electrons. The highest BCUT2D eigenvalue weighted by Crippen LogP contribution is 2.24. The fourth-order valence-corrected chi connectivity index (χ4v) is 2.24. The molecule has 2 atom stereocenters. The number of rotatable bonds is 5. The molecule has 0 saturated carbocycles. The SMILES string of the molecule is CCC[C@H]1CC(=O)N(C(CC)C(=O)O)C1. The van der Waals surface area contributed by atoms with E-state index in [4.69, 9.17) is 5.11 Å². The molecular formula is C11H19NO3. The number of hydrogen-bond donors (Lipinski definition) is 1. The average Bonchev–Trinajstić information content (AvgIpc) is 2.49. The molecule has 1 aliphatic rings. The fraction of sp³-hybridized carbons (Fsp3) is 0.818. The Hall–Kier alpha value is -1.06. The maximum absolute atomic E-state index is 11.6. The van der Waals surface area contributed by atoms with Crippen molar-refractivity contribution in [1.82, 2.24) is 4.90 Å². The lowest BCUT2D eigenvalue weighted by Crippen LogP contribution is -2.41. The van der Waals surface area contributed by atoms with Gasteiger partial charge in [-0.2, -0.15) is 0 Å². The second-order valence-corrected chi connectivity index (χ2v) is 4.17. The monoisotopic (exact) mass is 213 g/mol. The van der Waals surface area contributed by atoms with Crippen LogP contribution in [-0.4, -0.2) is 34.5 Å². The summed E-state index contributed by atoms with van der Waals surface area (Å²) in [7, 11) is 0. The van der Waals surface area contributed by atoms with Crippen LogP contribution in [-0.2, 0) is 9.59 Å². The maximum atomic E-state index is 11.6. The van der Waals surface area contributed by atoms with Crippen LogP contribution in [0.15, 0.2) is 0 Å². The first-order valence-corrected chi connectivity index (χ1v) is 5.62. The van der Waals surface area contributed by atoms with Gasteiger partial charge in [-0.1, -0.05) is 20.3 Å². The van der Waals surface area contributed by atoms with Gasteiger partial charge >= 0.3 is 5.97 Å². The zero-order valence-corrected chi connectivity index (χ0v) is 9.40. The van der Waals surface area contributed by atoms with Crippen molar-refractivity contribution < 1.29 is 14.7 Å². The van der Waals surface area contributed by atoms with Crippen molar-refractivity contribution in [3.05, 3.63) is 0 Å². The standard InChI is InChI=1S/C11H19NO3/c1-3-5-8-6-10(13)12(7-8)9(4-2)11(14)15/h8-9H,3-7H2,1-2H3,(H,14,15)/t8-,9?/m0/s1. The first-order chi connectivity index (χ1) is 7.10. The van der Waals surface area contributed by atoms with Crippen molar-refractivity contribution >= 4 is 11.9 Å². The molecular weight excluding hydrogens is 194 g/mol. The third-order valence-electron chi connectivity index (χ3n) is 2.98. The Kier molecular flexibility index (Phi) is 4.12. The van der Waals surface area contributed by atoms with Crippen molar-refractivity contribution in [2.24, 2.45) is 5.92 Å². The van der Waals surface area contributed by atoms with E-state index in [0.717, 1.165) is 12.8 Å². The van der Waals surface area contributed by atoms with Crippen molar-refractivity contribution in [1.29, 1.82) is 0 Å². The van der Waals surface area contributed by atoms with Gasteiger partial charge in [-0.05, 0) is 18.8 Å². The van der Waals surface area contributed by atoms with E-state index in [2.05, 4.69) is 6.92 Å². The Balaban J connectivity index is 2.63. The Morgan fingerprint density at radius 2 is 2.27 bits per heavy atom. The van der Waals surface area contributed by atoms with E-state index < -0.39 is 12.0 Å². The van der Waals surface area contributed by atoms with E-state index in [1.54, 1.807) is 6.92 Å². The molecule has 0 aromatic rings. The van der Waals surface area contributed by atoms with Crippen LogP contribution in [0.4, 0.5) is 0 Å². The molecule has 0 bridgehead atoms. The number of carboxylic acids is 1. The first kappa shape index (κ1) is 12.0. The Morgan fingerprint density at radius 3 is 2.73 bits per heavy atom. The largest absolute Gasteiger partial charge is 0.480 e. The van der Waals surface area contributed by atoms with Crippen LogP contribution in [0.3, 0.4) is 0 Å². The van der Waals surface area contributed by atoms with Crippen molar-refractivity contribution in [3.63, 3.8) is 0 Å². The number of carboxylic acid groups (broad SMARTS) is 1. The molecule has 1 saturated heterocycles. The summed E-state index contributed by atoms with van der Waals surface area (Å²) < 4.78 is 0. The predicted molar refractivity (Wildman–Crippen MR) is 56.4 cm³/mol. The van der Waals surface area contributed by atoms with Crippen LogP contribution in [0.1, 0.15) is 39.5 Å².